The van der Waals surface area contributed by atoms with E-state index in [1.165, 1.54) is 5.06 Å². The van der Waals surface area contributed by atoms with E-state index in [2.05, 4.69) is 14.7 Å². The molecule has 9 nitrogen and oxygen atoms in total. The highest BCUT2D eigenvalue weighted by molar-refractivity contribution is 7.83. The molecule has 1 atom stereocenters. The lowest BCUT2D eigenvalue weighted by atomic mass is 10.1. The number of amides is 1. The Kier molecular flexibility index (Phi) is 8.71. The highest BCUT2D eigenvalue weighted by atomic mass is 32.2. The maximum Gasteiger partial charge on any atom is 0.273 e. The number of aliphatic imine (C=N–C) groups is 1. The number of nitrogens with two attached hydrogens (primary N) is 1. The van der Waals surface area contributed by atoms with Crippen molar-refractivity contribution in [2.75, 3.05) is 33.4 Å². The summed E-state index contributed by atoms with van der Waals surface area (Å²) in [5.74, 6) is 0.0464. The highest BCUT2D eigenvalue weighted by Gasteiger charge is 2.22. The van der Waals surface area contributed by atoms with Gasteiger partial charge in [-0.25, -0.2) is 24.0 Å². The fraction of sp³-hybridized carbons (Fsp3) is 0.500. The molecule has 0 aromatic carbocycles. The highest BCUT2D eigenvalue weighted by Crippen LogP contribution is 2.28. The molecule has 2 heterocycles. The molecular weight excluding hydrogens is 382 g/mol. The minimum absolute atomic E-state index is 0.200. The Balaban J connectivity index is 2.28. The molecule has 1 aromatic heterocycles. The van der Waals surface area contributed by atoms with Crippen LogP contribution in [0.1, 0.15) is 32.3 Å². The van der Waals surface area contributed by atoms with Gasteiger partial charge in [0.1, 0.15) is 21.8 Å². The number of ether oxygens (including phenoxy) is 1. The Bertz CT molecular complexity index is 775. The molecule has 1 aliphatic heterocycles. The number of hydrogen-bond donors (Lipinski definition) is 2. The van der Waals surface area contributed by atoms with Crippen molar-refractivity contribution < 1.29 is 18.6 Å². The molecule has 1 amide bonds. The molecule has 0 saturated carbocycles. The number of hydroxylamine groups is 2. The summed E-state index contributed by atoms with van der Waals surface area (Å²) in [6.45, 7) is 5.54. The van der Waals surface area contributed by atoms with Gasteiger partial charge in [-0.05, 0) is 19.4 Å². The van der Waals surface area contributed by atoms with E-state index in [1.807, 2.05) is 13.8 Å². The van der Waals surface area contributed by atoms with Crippen molar-refractivity contribution in [1.29, 1.82) is 0 Å². The van der Waals surface area contributed by atoms with Crippen LogP contribution < -0.4 is 10.5 Å². The normalized spacial score (nSPS) is 14.5. The number of pyridine rings is 1. The van der Waals surface area contributed by atoms with Gasteiger partial charge in [-0.1, -0.05) is 6.92 Å². The first-order valence-electron chi connectivity index (χ1n) is 9.12. The third-order valence-corrected chi connectivity index (χ3v) is 4.86. The quantitative estimate of drug-likeness (QED) is 0.444. The Morgan fingerprint density at radius 3 is 2.89 bits per heavy atom. The summed E-state index contributed by atoms with van der Waals surface area (Å²) in [7, 11) is 0.0734. The van der Waals surface area contributed by atoms with Crippen LogP contribution in [-0.4, -0.2) is 59.4 Å². The SMILES string of the molecule is CCCN(OCC)C(=O)C1=Cc2cnc(S(=O)NCCOC)cc2N=C(N)C1. The van der Waals surface area contributed by atoms with Crippen LogP contribution in [0, 0.1) is 0 Å². The van der Waals surface area contributed by atoms with Gasteiger partial charge in [0.2, 0.25) is 0 Å². The monoisotopic (exact) mass is 409 g/mol. The molecule has 0 saturated heterocycles. The first kappa shape index (κ1) is 22.2. The first-order valence-corrected chi connectivity index (χ1v) is 10.3. The van der Waals surface area contributed by atoms with Crippen LogP contribution in [0.25, 0.3) is 6.08 Å². The molecule has 0 bridgehead atoms. The Hall–Kier alpha value is -2.14. The van der Waals surface area contributed by atoms with E-state index in [0.29, 0.717) is 54.0 Å². The number of methoxy groups -OCH3 is 1. The minimum atomic E-state index is -1.50. The zero-order valence-electron chi connectivity index (χ0n) is 16.4. The number of fused-ring (bicyclic) bond motifs is 1. The number of hydrogen-bond acceptors (Lipinski definition) is 7. The molecule has 3 N–H and O–H groups in total. The van der Waals surface area contributed by atoms with Crippen molar-refractivity contribution in [3.63, 3.8) is 0 Å². The van der Waals surface area contributed by atoms with Gasteiger partial charge in [0.25, 0.3) is 5.91 Å². The van der Waals surface area contributed by atoms with Crippen LogP contribution in [0.3, 0.4) is 0 Å². The molecule has 1 aromatic rings. The van der Waals surface area contributed by atoms with Crippen LogP contribution in [0.15, 0.2) is 27.9 Å². The zero-order valence-corrected chi connectivity index (χ0v) is 17.3. The van der Waals surface area contributed by atoms with E-state index in [0.717, 1.165) is 6.42 Å². The standard InChI is InChI=1S/C18H27N5O4S/c1-4-7-23(27-5-2)18(24)13-9-14-12-20-17(28(25)21-6-8-26-3)11-15(14)22-16(19)10-13/h9,11-12,21H,4-8,10H2,1-3H3,(H2,19,22). The van der Waals surface area contributed by atoms with Gasteiger partial charge in [0, 0.05) is 50.0 Å². The summed E-state index contributed by atoms with van der Waals surface area (Å²) in [5, 5.41) is 1.68. The van der Waals surface area contributed by atoms with E-state index < -0.39 is 11.0 Å². The van der Waals surface area contributed by atoms with Gasteiger partial charge in [0.05, 0.1) is 18.9 Å². The lowest BCUT2D eigenvalue weighted by Gasteiger charge is -2.21. The summed E-state index contributed by atoms with van der Waals surface area (Å²) in [6.07, 6.45) is 4.22. The molecule has 0 spiro atoms. The fourth-order valence-electron chi connectivity index (χ4n) is 2.57. The number of amidine groups is 1. The van der Waals surface area contributed by atoms with Crippen molar-refractivity contribution in [2.45, 2.75) is 31.7 Å². The lowest BCUT2D eigenvalue weighted by molar-refractivity contribution is -0.180. The predicted octanol–water partition coefficient (Wildman–Crippen LogP) is 1.31. The van der Waals surface area contributed by atoms with Gasteiger partial charge < -0.3 is 10.5 Å². The van der Waals surface area contributed by atoms with Crippen molar-refractivity contribution in [1.82, 2.24) is 14.8 Å². The average Bonchev–Trinajstić information content (AvgIpc) is 2.84. The van der Waals surface area contributed by atoms with E-state index in [-0.39, 0.29) is 12.3 Å². The van der Waals surface area contributed by atoms with Crippen LogP contribution in [-0.2, 0) is 25.4 Å². The number of carbonyl (C=O) groups is 1. The fourth-order valence-corrected chi connectivity index (χ4v) is 3.35. The molecule has 0 fully saturated rings. The summed E-state index contributed by atoms with van der Waals surface area (Å²) in [4.78, 5) is 26.9. The maximum atomic E-state index is 12.8. The first-order chi connectivity index (χ1) is 13.5. The Morgan fingerprint density at radius 2 is 2.21 bits per heavy atom. The van der Waals surface area contributed by atoms with Crippen LogP contribution in [0.5, 0.6) is 0 Å². The van der Waals surface area contributed by atoms with E-state index in [1.54, 1.807) is 25.4 Å². The Labute approximate surface area is 167 Å². The molecular formula is C18H27N5O4S. The Morgan fingerprint density at radius 1 is 1.43 bits per heavy atom. The summed E-state index contributed by atoms with van der Waals surface area (Å²) < 4.78 is 20.0. The molecule has 28 heavy (non-hydrogen) atoms. The summed E-state index contributed by atoms with van der Waals surface area (Å²) in [5.41, 5.74) is 7.64. The van der Waals surface area contributed by atoms with Crippen molar-refractivity contribution >= 4 is 34.5 Å². The topological polar surface area (TPSA) is 119 Å². The second-order valence-corrected chi connectivity index (χ2v) is 7.26. The summed E-state index contributed by atoms with van der Waals surface area (Å²) >= 11 is 0. The lowest BCUT2D eigenvalue weighted by Crippen LogP contribution is -2.34. The maximum absolute atomic E-state index is 12.8. The van der Waals surface area contributed by atoms with Gasteiger partial charge in [-0.15, -0.1) is 0 Å². The van der Waals surface area contributed by atoms with Gasteiger partial charge >= 0.3 is 0 Å². The zero-order chi connectivity index (χ0) is 20.5. The number of rotatable bonds is 10. The smallest absolute Gasteiger partial charge is 0.273 e. The van der Waals surface area contributed by atoms with Crippen LogP contribution in [0.4, 0.5) is 5.69 Å². The van der Waals surface area contributed by atoms with Crippen molar-refractivity contribution in [2.24, 2.45) is 10.7 Å². The molecule has 2 rings (SSSR count). The molecule has 1 aliphatic rings. The number of aromatic nitrogens is 1. The number of nitrogens with one attached hydrogen (secondary N) is 1. The van der Waals surface area contributed by atoms with Crippen molar-refractivity contribution in [3.05, 3.63) is 23.4 Å². The van der Waals surface area contributed by atoms with Gasteiger partial charge in [-0.3, -0.25) is 9.63 Å². The molecule has 10 heteroatoms. The number of carbonyl (C=O) groups excluding carboxylic acids is 1. The molecule has 0 aliphatic carbocycles. The minimum Gasteiger partial charge on any atom is -0.387 e. The van der Waals surface area contributed by atoms with E-state index in [9.17, 15) is 9.00 Å². The third-order valence-electron chi connectivity index (χ3n) is 3.79. The second-order valence-electron chi connectivity index (χ2n) is 6.01. The van der Waals surface area contributed by atoms with E-state index in [4.69, 9.17) is 15.3 Å². The predicted molar refractivity (Wildman–Crippen MR) is 108 cm³/mol. The average molecular weight is 410 g/mol. The largest absolute Gasteiger partial charge is 0.387 e. The second kappa shape index (κ2) is 11.0. The van der Waals surface area contributed by atoms with E-state index >= 15 is 0 Å². The van der Waals surface area contributed by atoms with Gasteiger partial charge in [-0.2, -0.15) is 0 Å². The molecule has 1 unspecified atom stereocenters. The van der Waals surface area contributed by atoms with Crippen LogP contribution >= 0.6 is 0 Å². The number of nitrogens with zero attached hydrogens (tertiary/aromatic N) is 3. The van der Waals surface area contributed by atoms with Gasteiger partial charge in [0.15, 0.2) is 0 Å². The summed E-state index contributed by atoms with van der Waals surface area (Å²) in [6, 6.07) is 1.61. The van der Waals surface area contributed by atoms with Crippen molar-refractivity contribution in [3.8, 4) is 0 Å². The molecule has 0 radical (unpaired) electrons. The van der Waals surface area contributed by atoms with Crippen LogP contribution in [0.2, 0.25) is 0 Å². The third kappa shape index (κ3) is 5.93. The molecule has 154 valence electrons.